The molecule has 0 N–H and O–H groups in total. The molecule has 0 aromatic carbocycles. The van der Waals surface area contributed by atoms with Gasteiger partial charge in [0.15, 0.2) is 0 Å². The van der Waals surface area contributed by atoms with Crippen LogP contribution in [0.25, 0.3) is 0 Å². The summed E-state index contributed by atoms with van der Waals surface area (Å²) in [4.78, 5) is 14.6. The van der Waals surface area contributed by atoms with Crippen LogP contribution in [0.5, 0.6) is 0 Å². The van der Waals surface area contributed by atoms with E-state index in [2.05, 4.69) is 24.9 Å². The van der Waals surface area contributed by atoms with Gasteiger partial charge in [-0.05, 0) is 32.4 Å². The Morgan fingerprint density at radius 1 is 1.18 bits per heavy atom. The van der Waals surface area contributed by atoms with Crippen molar-refractivity contribution < 1.29 is 9.53 Å². The molecule has 0 atom stereocenters. The summed E-state index contributed by atoms with van der Waals surface area (Å²) in [7, 11) is 0. The predicted molar refractivity (Wildman–Crippen MR) is 72.3 cm³/mol. The van der Waals surface area contributed by atoms with Gasteiger partial charge in [-0.2, -0.15) is 0 Å². The molecule has 3 nitrogen and oxygen atoms in total. The van der Waals surface area contributed by atoms with Crippen molar-refractivity contribution in [1.82, 2.24) is 0 Å². The highest BCUT2D eigenvalue weighted by Crippen LogP contribution is 1.96. The average Bonchev–Trinajstić information content (AvgIpc) is 2.22. The molecule has 0 aromatic rings. The Bertz CT molecular complexity index is 345. The summed E-state index contributed by atoms with van der Waals surface area (Å²) in [6.07, 6.45) is 9.73. The van der Waals surface area contributed by atoms with Gasteiger partial charge in [-0.25, -0.2) is 0 Å². The van der Waals surface area contributed by atoms with Crippen LogP contribution >= 0.6 is 0 Å². The predicted octanol–water partition coefficient (Wildman–Crippen LogP) is 3.09. The van der Waals surface area contributed by atoms with E-state index in [0.717, 1.165) is 5.57 Å². The van der Waals surface area contributed by atoms with Crippen LogP contribution in [0.15, 0.2) is 40.4 Å². The maximum absolute atomic E-state index is 10.5. The SMILES string of the molecule is CC(=O)OCCN=C/C=C(C)/C=C/C=C(C)C. The van der Waals surface area contributed by atoms with Crippen LogP contribution < -0.4 is 0 Å². The molecular weight excluding hydrogens is 214 g/mol. The first-order valence-corrected chi connectivity index (χ1v) is 5.64. The molecule has 94 valence electrons. The van der Waals surface area contributed by atoms with Gasteiger partial charge in [-0.1, -0.05) is 23.8 Å². The lowest BCUT2D eigenvalue weighted by Crippen LogP contribution is -2.02. The maximum Gasteiger partial charge on any atom is 0.302 e. The Morgan fingerprint density at radius 3 is 2.47 bits per heavy atom. The van der Waals surface area contributed by atoms with Gasteiger partial charge in [0, 0.05) is 13.1 Å². The molecule has 0 fully saturated rings. The second-order valence-corrected chi connectivity index (χ2v) is 3.91. The van der Waals surface area contributed by atoms with Gasteiger partial charge in [0.25, 0.3) is 0 Å². The fourth-order valence-electron chi connectivity index (χ4n) is 0.935. The average molecular weight is 235 g/mol. The maximum atomic E-state index is 10.5. The Labute approximate surface area is 104 Å². The van der Waals surface area contributed by atoms with Crippen LogP contribution in [0.4, 0.5) is 0 Å². The highest BCUT2D eigenvalue weighted by atomic mass is 16.5. The highest BCUT2D eigenvalue weighted by molar-refractivity contribution is 5.72. The van der Waals surface area contributed by atoms with Crippen molar-refractivity contribution in [3.8, 4) is 0 Å². The molecule has 0 aliphatic heterocycles. The third kappa shape index (κ3) is 12.3. The molecule has 0 saturated heterocycles. The van der Waals surface area contributed by atoms with Crippen LogP contribution in [0.2, 0.25) is 0 Å². The van der Waals surface area contributed by atoms with Gasteiger partial charge in [-0.15, -0.1) is 0 Å². The molecule has 0 aliphatic rings. The molecule has 0 bridgehead atoms. The number of hydrogen-bond donors (Lipinski definition) is 0. The second-order valence-electron chi connectivity index (χ2n) is 3.91. The number of rotatable bonds is 6. The standard InChI is InChI=1S/C14H21NO2/c1-12(2)6-5-7-13(3)8-9-15-10-11-17-14(4)16/h5-9H,10-11H2,1-4H3/b7-5+,13-8+,15-9?. The number of hydrogen-bond acceptors (Lipinski definition) is 3. The third-order valence-corrected chi connectivity index (χ3v) is 1.76. The van der Waals surface area contributed by atoms with Crippen LogP contribution in [-0.2, 0) is 9.53 Å². The Balaban J connectivity index is 3.90. The summed E-state index contributed by atoms with van der Waals surface area (Å²) < 4.78 is 4.75. The monoisotopic (exact) mass is 235 g/mol. The van der Waals surface area contributed by atoms with E-state index in [1.165, 1.54) is 12.5 Å². The summed E-state index contributed by atoms with van der Waals surface area (Å²) >= 11 is 0. The lowest BCUT2D eigenvalue weighted by atomic mass is 10.2. The van der Waals surface area contributed by atoms with E-state index in [1.807, 2.05) is 25.2 Å². The topological polar surface area (TPSA) is 38.7 Å². The first-order valence-electron chi connectivity index (χ1n) is 5.64. The summed E-state index contributed by atoms with van der Waals surface area (Å²) in [5.74, 6) is -0.267. The van der Waals surface area contributed by atoms with Crippen molar-refractivity contribution in [1.29, 1.82) is 0 Å². The molecular formula is C14H21NO2. The summed E-state index contributed by atoms with van der Waals surface area (Å²) in [6, 6.07) is 0. The van der Waals surface area contributed by atoms with Crippen LogP contribution in [0.1, 0.15) is 27.7 Å². The zero-order valence-corrected chi connectivity index (χ0v) is 11.1. The zero-order valence-electron chi connectivity index (χ0n) is 11.1. The molecule has 3 heteroatoms. The lowest BCUT2D eigenvalue weighted by molar-refractivity contribution is -0.140. The van der Waals surface area contributed by atoms with Crippen molar-refractivity contribution in [3.05, 3.63) is 35.5 Å². The molecule has 0 rings (SSSR count). The highest BCUT2D eigenvalue weighted by Gasteiger charge is 1.88. The van der Waals surface area contributed by atoms with Gasteiger partial charge >= 0.3 is 5.97 Å². The largest absolute Gasteiger partial charge is 0.464 e. The Morgan fingerprint density at radius 2 is 1.88 bits per heavy atom. The smallest absolute Gasteiger partial charge is 0.302 e. The first kappa shape index (κ1) is 15.4. The number of ether oxygens (including phenoxy) is 1. The summed E-state index contributed by atoms with van der Waals surface area (Å²) in [6.45, 7) is 8.35. The fourth-order valence-corrected chi connectivity index (χ4v) is 0.935. The number of nitrogens with zero attached hydrogens (tertiary/aromatic N) is 1. The van der Waals surface area contributed by atoms with E-state index < -0.39 is 0 Å². The van der Waals surface area contributed by atoms with E-state index in [4.69, 9.17) is 4.74 Å². The van der Waals surface area contributed by atoms with Crippen molar-refractivity contribution >= 4 is 12.2 Å². The molecule has 0 spiro atoms. The van der Waals surface area contributed by atoms with Gasteiger partial charge in [0.2, 0.25) is 0 Å². The minimum absolute atomic E-state index is 0.267. The molecule has 0 unspecified atom stereocenters. The number of allylic oxidation sites excluding steroid dienone is 6. The molecule has 0 saturated carbocycles. The molecule has 0 aliphatic carbocycles. The number of carbonyl (C=O) groups is 1. The van der Waals surface area contributed by atoms with Crippen LogP contribution in [0, 0.1) is 0 Å². The Kier molecular flexibility index (Phi) is 8.65. The molecule has 0 radical (unpaired) electrons. The fraction of sp³-hybridized carbons (Fsp3) is 0.429. The minimum atomic E-state index is -0.267. The Hall–Kier alpha value is -1.64. The number of carbonyl (C=O) groups excluding carboxylic acids is 1. The second kappa shape index (κ2) is 9.58. The lowest BCUT2D eigenvalue weighted by Gasteiger charge is -1.95. The minimum Gasteiger partial charge on any atom is -0.464 e. The van der Waals surface area contributed by atoms with E-state index in [9.17, 15) is 4.79 Å². The van der Waals surface area contributed by atoms with Crippen LogP contribution in [0.3, 0.4) is 0 Å². The van der Waals surface area contributed by atoms with Gasteiger partial charge in [-0.3, -0.25) is 9.79 Å². The molecule has 0 heterocycles. The van der Waals surface area contributed by atoms with E-state index in [0.29, 0.717) is 13.2 Å². The van der Waals surface area contributed by atoms with Gasteiger partial charge in [0.05, 0.1) is 6.54 Å². The molecule has 0 amide bonds. The molecule has 0 aromatic heterocycles. The third-order valence-electron chi connectivity index (χ3n) is 1.76. The van der Waals surface area contributed by atoms with E-state index in [1.54, 1.807) is 6.21 Å². The quantitative estimate of drug-likeness (QED) is 0.307. The van der Waals surface area contributed by atoms with Crippen LogP contribution in [-0.4, -0.2) is 25.3 Å². The first-order chi connectivity index (χ1) is 8.02. The van der Waals surface area contributed by atoms with Crippen molar-refractivity contribution in [2.24, 2.45) is 4.99 Å². The molecule has 17 heavy (non-hydrogen) atoms. The van der Waals surface area contributed by atoms with E-state index >= 15 is 0 Å². The van der Waals surface area contributed by atoms with E-state index in [-0.39, 0.29) is 5.97 Å². The van der Waals surface area contributed by atoms with Gasteiger partial charge < -0.3 is 4.74 Å². The summed E-state index contributed by atoms with van der Waals surface area (Å²) in [5, 5.41) is 0. The van der Waals surface area contributed by atoms with Crippen molar-refractivity contribution in [2.45, 2.75) is 27.7 Å². The summed E-state index contributed by atoms with van der Waals surface area (Å²) in [5.41, 5.74) is 2.39. The van der Waals surface area contributed by atoms with Crippen molar-refractivity contribution in [3.63, 3.8) is 0 Å². The van der Waals surface area contributed by atoms with Gasteiger partial charge in [0.1, 0.15) is 6.61 Å². The normalized spacial score (nSPS) is 12.1. The zero-order chi connectivity index (χ0) is 13.1. The van der Waals surface area contributed by atoms with Crippen molar-refractivity contribution in [2.75, 3.05) is 13.2 Å². The number of esters is 1. The number of aliphatic imine (C=N–C) groups is 1.